The number of hydrogen-bond acceptors (Lipinski definition) is 1. The third kappa shape index (κ3) is 2.60. The number of imidazole rings is 1. The second kappa shape index (κ2) is 5.44. The molecule has 0 radical (unpaired) electrons. The van der Waals surface area contributed by atoms with Crippen molar-refractivity contribution in [1.82, 2.24) is 9.55 Å². The molecular formula is C16H20ClF3N2. The largest absolute Gasteiger partial charge is 0.416 e. The number of nitrogens with zero attached hydrogens (tertiary/aromatic N) is 2. The quantitative estimate of drug-likeness (QED) is 0.726. The molecule has 2 aromatic rings. The number of fused-ring (bicyclic) bond motifs is 1. The van der Waals surface area contributed by atoms with Crippen LogP contribution in [0.15, 0.2) is 6.07 Å². The number of alkyl halides is 3. The lowest BCUT2D eigenvalue weighted by atomic mass is 9.79. The smallest absolute Gasteiger partial charge is 0.331 e. The van der Waals surface area contributed by atoms with Crippen LogP contribution in [0, 0.1) is 0 Å². The molecule has 2 rings (SSSR count). The van der Waals surface area contributed by atoms with Gasteiger partial charge in [-0.1, -0.05) is 39.3 Å². The van der Waals surface area contributed by atoms with E-state index < -0.39 is 17.2 Å². The Morgan fingerprint density at radius 3 is 2.27 bits per heavy atom. The zero-order valence-electron chi connectivity index (χ0n) is 13.4. The van der Waals surface area contributed by atoms with Crippen molar-refractivity contribution in [1.29, 1.82) is 0 Å². The van der Waals surface area contributed by atoms with Gasteiger partial charge in [0.2, 0.25) is 0 Å². The Hall–Kier alpha value is -1.23. The Labute approximate surface area is 133 Å². The summed E-state index contributed by atoms with van der Waals surface area (Å²) in [5.41, 5.74) is -0.338. The van der Waals surface area contributed by atoms with Crippen molar-refractivity contribution in [2.24, 2.45) is 7.05 Å². The average Bonchev–Trinajstić information content (AvgIpc) is 2.74. The van der Waals surface area contributed by atoms with Crippen LogP contribution in [0.3, 0.4) is 0 Å². The van der Waals surface area contributed by atoms with E-state index in [1.165, 1.54) is 6.07 Å². The van der Waals surface area contributed by atoms with Gasteiger partial charge in [-0.15, -0.1) is 0 Å². The minimum Gasteiger partial charge on any atom is -0.331 e. The molecule has 0 N–H and O–H groups in total. The average molecular weight is 333 g/mol. The van der Waals surface area contributed by atoms with E-state index >= 15 is 0 Å². The molecule has 0 fully saturated rings. The first-order valence-electron chi connectivity index (χ1n) is 7.30. The molecule has 0 spiro atoms. The number of halogens is 4. The minimum absolute atomic E-state index is 0.118. The Morgan fingerprint density at radius 2 is 1.82 bits per heavy atom. The van der Waals surface area contributed by atoms with Crippen LogP contribution < -0.4 is 0 Å². The summed E-state index contributed by atoms with van der Waals surface area (Å²) < 4.78 is 42.3. The summed E-state index contributed by atoms with van der Waals surface area (Å²) in [6.07, 6.45) is -3.26. The fraction of sp³-hybridized carbons (Fsp3) is 0.562. The highest BCUT2D eigenvalue weighted by atomic mass is 35.5. The van der Waals surface area contributed by atoms with Gasteiger partial charge in [0, 0.05) is 13.5 Å². The summed E-state index contributed by atoms with van der Waals surface area (Å²) in [6.45, 7) is 7.32. The highest BCUT2D eigenvalue weighted by molar-refractivity contribution is 6.36. The lowest BCUT2D eigenvalue weighted by Gasteiger charge is -2.28. The highest BCUT2D eigenvalue weighted by Crippen LogP contribution is 2.45. The first-order chi connectivity index (χ1) is 10.0. The van der Waals surface area contributed by atoms with Crippen molar-refractivity contribution in [2.75, 3.05) is 0 Å². The summed E-state index contributed by atoms with van der Waals surface area (Å²) >= 11 is 6.38. The lowest BCUT2D eigenvalue weighted by molar-refractivity contribution is -0.138. The monoisotopic (exact) mass is 332 g/mol. The van der Waals surface area contributed by atoms with E-state index in [2.05, 4.69) is 4.98 Å². The van der Waals surface area contributed by atoms with E-state index in [0.717, 1.165) is 5.82 Å². The number of hydrogen-bond donors (Lipinski definition) is 0. The van der Waals surface area contributed by atoms with E-state index in [-0.39, 0.29) is 10.6 Å². The van der Waals surface area contributed by atoms with Gasteiger partial charge in [-0.25, -0.2) is 4.98 Å². The molecule has 0 aliphatic carbocycles. The first kappa shape index (κ1) is 17.1. The Bertz CT molecular complexity index is 714. The Morgan fingerprint density at radius 1 is 1.23 bits per heavy atom. The molecule has 1 heterocycles. The maximum absolute atomic E-state index is 13.6. The molecule has 0 atom stereocenters. The SMILES string of the molecule is CCc1nc2c(Cl)c(C(C)(C)CC)c(C(F)(F)F)cc2n1C. The van der Waals surface area contributed by atoms with Gasteiger partial charge in [0.15, 0.2) is 0 Å². The maximum atomic E-state index is 13.6. The van der Waals surface area contributed by atoms with Gasteiger partial charge in [-0.2, -0.15) is 13.2 Å². The molecule has 22 heavy (non-hydrogen) atoms. The summed E-state index contributed by atoms with van der Waals surface area (Å²) in [6, 6.07) is 1.18. The van der Waals surface area contributed by atoms with Crippen LogP contribution in [0.1, 0.15) is 51.1 Å². The minimum atomic E-state index is -4.45. The van der Waals surface area contributed by atoms with Crippen LogP contribution in [-0.2, 0) is 25.1 Å². The number of benzene rings is 1. The van der Waals surface area contributed by atoms with E-state index in [9.17, 15) is 13.2 Å². The van der Waals surface area contributed by atoms with Gasteiger partial charge >= 0.3 is 6.18 Å². The molecule has 0 bridgehead atoms. The second-order valence-electron chi connectivity index (χ2n) is 6.16. The molecule has 0 saturated heterocycles. The molecule has 0 aliphatic heterocycles. The lowest BCUT2D eigenvalue weighted by Crippen LogP contribution is -2.23. The predicted octanol–water partition coefficient (Wildman–Crippen LogP) is 5.50. The number of aryl methyl sites for hydroxylation is 2. The van der Waals surface area contributed by atoms with Crippen LogP contribution in [0.2, 0.25) is 5.02 Å². The van der Waals surface area contributed by atoms with Crippen LogP contribution in [0.5, 0.6) is 0 Å². The van der Waals surface area contributed by atoms with Crippen molar-refractivity contribution < 1.29 is 13.2 Å². The van der Waals surface area contributed by atoms with Gasteiger partial charge in [-0.05, 0) is 23.5 Å². The topological polar surface area (TPSA) is 17.8 Å². The Balaban J connectivity index is 2.96. The summed E-state index contributed by atoms with van der Waals surface area (Å²) in [4.78, 5) is 4.43. The highest BCUT2D eigenvalue weighted by Gasteiger charge is 2.40. The molecule has 122 valence electrons. The predicted molar refractivity (Wildman–Crippen MR) is 83.4 cm³/mol. The second-order valence-corrected chi connectivity index (χ2v) is 6.53. The molecule has 1 aromatic carbocycles. The zero-order valence-corrected chi connectivity index (χ0v) is 14.2. The van der Waals surface area contributed by atoms with Crippen LogP contribution in [0.25, 0.3) is 11.0 Å². The standard InChI is InChI=1S/C16H20ClF3N2/c1-6-11-21-14-10(22(11)5)8-9(16(18,19)20)12(13(14)17)15(3,4)7-2/h8H,6-7H2,1-5H3. The Kier molecular flexibility index (Phi) is 4.24. The van der Waals surface area contributed by atoms with Crippen LogP contribution in [0.4, 0.5) is 13.2 Å². The van der Waals surface area contributed by atoms with Gasteiger partial charge in [0.25, 0.3) is 0 Å². The molecule has 0 saturated carbocycles. The number of aromatic nitrogens is 2. The van der Waals surface area contributed by atoms with Crippen LogP contribution >= 0.6 is 11.6 Å². The van der Waals surface area contributed by atoms with E-state index in [0.29, 0.717) is 23.9 Å². The fourth-order valence-electron chi connectivity index (χ4n) is 2.71. The molecule has 0 unspecified atom stereocenters. The van der Waals surface area contributed by atoms with E-state index in [4.69, 9.17) is 11.6 Å². The fourth-order valence-corrected chi connectivity index (χ4v) is 3.21. The molecule has 2 nitrogen and oxygen atoms in total. The first-order valence-corrected chi connectivity index (χ1v) is 7.67. The van der Waals surface area contributed by atoms with Crippen molar-refractivity contribution in [3.8, 4) is 0 Å². The van der Waals surface area contributed by atoms with Crippen molar-refractivity contribution in [3.63, 3.8) is 0 Å². The van der Waals surface area contributed by atoms with Crippen molar-refractivity contribution in [2.45, 2.75) is 52.1 Å². The molecule has 1 aromatic heterocycles. The van der Waals surface area contributed by atoms with E-state index in [1.807, 2.05) is 13.8 Å². The van der Waals surface area contributed by atoms with Gasteiger partial charge < -0.3 is 4.57 Å². The van der Waals surface area contributed by atoms with Gasteiger partial charge in [0.1, 0.15) is 11.3 Å². The van der Waals surface area contributed by atoms with Gasteiger partial charge in [-0.3, -0.25) is 0 Å². The maximum Gasteiger partial charge on any atom is 0.416 e. The normalized spacial score (nSPS) is 13.1. The van der Waals surface area contributed by atoms with E-state index in [1.54, 1.807) is 25.5 Å². The number of rotatable bonds is 3. The summed E-state index contributed by atoms with van der Waals surface area (Å²) in [5.74, 6) is 0.719. The summed E-state index contributed by atoms with van der Waals surface area (Å²) in [7, 11) is 1.72. The van der Waals surface area contributed by atoms with Gasteiger partial charge in [0.05, 0.1) is 16.1 Å². The van der Waals surface area contributed by atoms with Crippen LogP contribution in [-0.4, -0.2) is 9.55 Å². The molecule has 0 aliphatic rings. The third-order valence-corrected chi connectivity index (χ3v) is 4.76. The molecule has 0 amide bonds. The summed E-state index contributed by atoms with van der Waals surface area (Å²) in [5, 5.41) is 0.118. The molecular weight excluding hydrogens is 313 g/mol. The molecule has 6 heteroatoms. The zero-order chi connectivity index (χ0) is 16.9. The third-order valence-electron chi connectivity index (χ3n) is 4.39. The van der Waals surface area contributed by atoms with Crippen molar-refractivity contribution >= 4 is 22.6 Å². The van der Waals surface area contributed by atoms with Crippen molar-refractivity contribution in [3.05, 3.63) is 28.0 Å².